The zero-order chi connectivity index (χ0) is 12.1. The van der Waals surface area contributed by atoms with Gasteiger partial charge in [-0.1, -0.05) is 31.2 Å². The molecule has 1 atom stereocenters. The summed E-state index contributed by atoms with van der Waals surface area (Å²) in [7, 11) is 0. The molecule has 1 aromatic rings. The third kappa shape index (κ3) is 3.28. The fourth-order valence-electron chi connectivity index (χ4n) is 2.58. The molecule has 3 heteroatoms. The van der Waals surface area contributed by atoms with Crippen molar-refractivity contribution in [2.24, 2.45) is 5.73 Å². The molecule has 3 nitrogen and oxygen atoms in total. The zero-order valence-electron chi connectivity index (χ0n) is 10.7. The molecule has 1 unspecified atom stereocenters. The van der Waals surface area contributed by atoms with Gasteiger partial charge in [-0.25, -0.2) is 0 Å². The summed E-state index contributed by atoms with van der Waals surface area (Å²) < 4.78 is 0. The Hall–Kier alpha value is -0.900. The van der Waals surface area contributed by atoms with E-state index in [0.29, 0.717) is 12.5 Å². The minimum Gasteiger partial charge on any atom is -0.326 e. The minimum atomic E-state index is 0.563. The Bertz CT molecular complexity index is 345. The molecule has 17 heavy (non-hydrogen) atoms. The Morgan fingerprint density at radius 3 is 2.71 bits per heavy atom. The first-order valence-electron chi connectivity index (χ1n) is 6.52. The van der Waals surface area contributed by atoms with Crippen LogP contribution in [0, 0.1) is 0 Å². The summed E-state index contributed by atoms with van der Waals surface area (Å²) in [6.45, 7) is 8.64. The molecule has 1 aliphatic heterocycles. The number of benzene rings is 1. The normalized spacial score (nSPS) is 19.2. The predicted octanol–water partition coefficient (Wildman–Crippen LogP) is 1.15. The SMILES string of the molecule is CC(CN1CCNCC1)c1ccccc1CN. The van der Waals surface area contributed by atoms with Crippen molar-refractivity contribution < 1.29 is 0 Å². The van der Waals surface area contributed by atoms with Crippen LogP contribution in [0.25, 0.3) is 0 Å². The predicted molar refractivity (Wildman–Crippen MR) is 72.1 cm³/mol. The lowest BCUT2D eigenvalue weighted by atomic mass is 9.95. The van der Waals surface area contributed by atoms with Crippen LogP contribution < -0.4 is 11.1 Å². The van der Waals surface area contributed by atoms with Crippen LogP contribution in [0.4, 0.5) is 0 Å². The van der Waals surface area contributed by atoms with Crippen molar-refractivity contribution in [3.8, 4) is 0 Å². The average Bonchev–Trinajstić information content (AvgIpc) is 2.40. The summed E-state index contributed by atoms with van der Waals surface area (Å²) in [5.41, 5.74) is 8.50. The Morgan fingerprint density at radius 1 is 1.29 bits per heavy atom. The summed E-state index contributed by atoms with van der Waals surface area (Å²) >= 11 is 0. The maximum atomic E-state index is 5.80. The monoisotopic (exact) mass is 233 g/mol. The van der Waals surface area contributed by atoms with Crippen LogP contribution in [0.5, 0.6) is 0 Å². The molecule has 1 aliphatic rings. The number of hydrogen-bond donors (Lipinski definition) is 2. The van der Waals surface area contributed by atoms with Gasteiger partial charge >= 0.3 is 0 Å². The third-order valence-electron chi connectivity index (χ3n) is 3.55. The highest BCUT2D eigenvalue weighted by Crippen LogP contribution is 2.20. The first kappa shape index (κ1) is 12.6. The third-order valence-corrected chi connectivity index (χ3v) is 3.55. The van der Waals surface area contributed by atoms with Crippen LogP contribution in [0.3, 0.4) is 0 Å². The number of hydrogen-bond acceptors (Lipinski definition) is 3. The summed E-state index contributed by atoms with van der Waals surface area (Å²) in [4.78, 5) is 2.54. The smallest absolute Gasteiger partial charge is 0.0180 e. The molecule has 1 fully saturated rings. The van der Waals surface area contributed by atoms with Gasteiger partial charge in [0.05, 0.1) is 0 Å². The van der Waals surface area contributed by atoms with Gasteiger partial charge in [-0.05, 0) is 17.0 Å². The second-order valence-corrected chi connectivity index (χ2v) is 4.85. The molecule has 1 saturated heterocycles. The lowest BCUT2D eigenvalue weighted by Crippen LogP contribution is -2.44. The molecule has 94 valence electrons. The van der Waals surface area contributed by atoms with Crippen molar-refractivity contribution in [3.63, 3.8) is 0 Å². The molecule has 0 spiro atoms. The maximum Gasteiger partial charge on any atom is 0.0180 e. The van der Waals surface area contributed by atoms with Gasteiger partial charge in [0.2, 0.25) is 0 Å². The Balaban J connectivity index is 2.00. The minimum absolute atomic E-state index is 0.563. The van der Waals surface area contributed by atoms with Gasteiger partial charge in [0.1, 0.15) is 0 Å². The highest BCUT2D eigenvalue weighted by Gasteiger charge is 2.15. The summed E-state index contributed by atoms with van der Waals surface area (Å²) in [6.07, 6.45) is 0. The standard InChI is InChI=1S/C14H23N3/c1-12(11-17-8-6-16-7-9-17)14-5-3-2-4-13(14)10-15/h2-5,12,16H,6-11,15H2,1H3. The first-order chi connectivity index (χ1) is 8.31. The van der Waals surface area contributed by atoms with Gasteiger partial charge in [0.15, 0.2) is 0 Å². The lowest BCUT2D eigenvalue weighted by molar-refractivity contribution is 0.230. The first-order valence-corrected chi connectivity index (χ1v) is 6.52. The fourth-order valence-corrected chi connectivity index (χ4v) is 2.58. The van der Waals surface area contributed by atoms with E-state index < -0.39 is 0 Å². The number of nitrogens with one attached hydrogen (secondary N) is 1. The molecule has 1 aromatic carbocycles. The van der Waals surface area contributed by atoms with Crippen LogP contribution in [0.2, 0.25) is 0 Å². The van der Waals surface area contributed by atoms with Crippen molar-refractivity contribution in [1.82, 2.24) is 10.2 Å². The number of nitrogens with zero attached hydrogens (tertiary/aromatic N) is 1. The second kappa shape index (κ2) is 6.15. The van der Waals surface area contributed by atoms with E-state index in [-0.39, 0.29) is 0 Å². The van der Waals surface area contributed by atoms with Crippen LogP contribution in [0.15, 0.2) is 24.3 Å². The van der Waals surface area contributed by atoms with Crippen molar-refractivity contribution >= 4 is 0 Å². The van der Waals surface area contributed by atoms with Gasteiger partial charge in [-0.15, -0.1) is 0 Å². The maximum absolute atomic E-state index is 5.80. The lowest BCUT2D eigenvalue weighted by Gasteiger charge is -2.30. The number of piperazine rings is 1. The highest BCUT2D eigenvalue weighted by atomic mass is 15.2. The molecule has 0 amide bonds. The van der Waals surface area contributed by atoms with E-state index in [2.05, 4.69) is 41.4 Å². The second-order valence-electron chi connectivity index (χ2n) is 4.85. The molecular weight excluding hydrogens is 210 g/mol. The molecule has 3 N–H and O–H groups in total. The average molecular weight is 233 g/mol. The van der Waals surface area contributed by atoms with Crippen molar-refractivity contribution in [2.45, 2.75) is 19.4 Å². The van der Waals surface area contributed by atoms with E-state index in [1.54, 1.807) is 0 Å². The van der Waals surface area contributed by atoms with Crippen LogP contribution in [0.1, 0.15) is 24.0 Å². The molecule has 0 aromatic heterocycles. The van der Waals surface area contributed by atoms with E-state index in [1.165, 1.54) is 11.1 Å². The zero-order valence-corrected chi connectivity index (χ0v) is 10.7. The number of rotatable bonds is 4. The van der Waals surface area contributed by atoms with E-state index in [9.17, 15) is 0 Å². The van der Waals surface area contributed by atoms with E-state index in [4.69, 9.17) is 5.73 Å². The molecule has 0 bridgehead atoms. The van der Waals surface area contributed by atoms with Crippen LogP contribution in [-0.4, -0.2) is 37.6 Å². The van der Waals surface area contributed by atoms with Crippen molar-refractivity contribution in [3.05, 3.63) is 35.4 Å². The topological polar surface area (TPSA) is 41.3 Å². The van der Waals surface area contributed by atoms with Gasteiger partial charge in [-0.2, -0.15) is 0 Å². The Morgan fingerprint density at radius 2 is 2.00 bits per heavy atom. The molecule has 0 saturated carbocycles. The van der Waals surface area contributed by atoms with Crippen LogP contribution in [-0.2, 0) is 6.54 Å². The number of nitrogens with two attached hydrogens (primary N) is 1. The quantitative estimate of drug-likeness (QED) is 0.820. The van der Waals surface area contributed by atoms with Crippen LogP contribution >= 0.6 is 0 Å². The fraction of sp³-hybridized carbons (Fsp3) is 0.571. The Labute approximate surface area is 104 Å². The molecule has 2 rings (SSSR count). The van der Waals surface area contributed by atoms with Crippen molar-refractivity contribution in [2.75, 3.05) is 32.7 Å². The largest absolute Gasteiger partial charge is 0.326 e. The highest BCUT2D eigenvalue weighted by molar-refractivity contribution is 5.30. The molecular formula is C14H23N3. The van der Waals surface area contributed by atoms with E-state index in [0.717, 1.165) is 32.7 Å². The van der Waals surface area contributed by atoms with E-state index >= 15 is 0 Å². The van der Waals surface area contributed by atoms with E-state index in [1.807, 2.05) is 0 Å². The van der Waals surface area contributed by atoms with Crippen molar-refractivity contribution in [1.29, 1.82) is 0 Å². The summed E-state index contributed by atoms with van der Waals surface area (Å²) in [5, 5.41) is 3.39. The Kier molecular flexibility index (Phi) is 4.54. The molecule has 1 heterocycles. The van der Waals surface area contributed by atoms with Gasteiger partial charge in [0.25, 0.3) is 0 Å². The van der Waals surface area contributed by atoms with Gasteiger partial charge < -0.3 is 16.0 Å². The molecule has 0 aliphatic carbocycles. The molecule has 0 radical (unpaired) electrons. The summed E-state index contributed by atoms with van der Waals surface area (Å²) in [5.74, 6) is 0.563. The van der Waals surface area contributed by atoms with Gasteiger partial charge in [-0.3, -0.25) is 0 Å². The van der Waals surface area contributed by atoms with Gasteiger partial charge in [0, 0.05) is 39.3 Å². The summed E-state index contributed by atoms with van der Waals surface area (Å²) in [6, 6.07) is 8.55.